The molecule has 0 radical (unpaired) electrons. The number of alkyl halides is 2. The first-order valence-electron chi connectivity index (χ1n) is 10.9. The summed E-state index contributed by atoms with van der Waals surface area (Å²) in [6, 6.07) is -2.69. The molecule has 1 amide bonds. The Balaban J connectivity index is 1.96. The van der Waals surface area contributed by atoms with Crippen molar-refractivity contribution in [3.63, 3.8) is 0 Å². The second-order valence-corrected chi connectivity index (χ2v) is 13.5. The quantitative estimate of drug-likeness (QED) is 0.364. The number of hydrogen-bond donors (Lipinski definition) is 2. The first-order chi connectivity index (χ1) is 14.7. The summed E-state index contributed by atoms with van der Waals surface area (Å²) in [7, 11) is -9.10. The number of carbonyl (C=O) groups is 1. The van der Waals surface area contributed by atoms with Crippen molar-refractivity contribution >= 4 is 23.5 Å². The number of hydrogen-bond acceptors (Lipinski definition) is 8. The predicted molar refractivity (Wildman–Crippen MR) is 112 cm³/mol. The SMILES string of the molecule is CCOP(=O)(OCC)C(F)(F)[C@@H](C)[C@H](NO)C(=O)N1[C@@H]2C[C@@H]3CC[C@@]2(CS1(=O)=O)C3(C)C. The fourth-order valence-corrected chi connectivity index (χ4v) is 10.4. The van der Waals surface area contributed by atoms with Gasteiger partial charge in [-0.05, 0) is 44.4 Å². The lowest BCUT2D eigenvalue weighted by molar-refractivity contribution is -0.140. The molecule has 1 aliphatic heterocycles. The second kappa shape index (κ2) is 8.23. The highest BCUT2D eigenvalue weighted by molar-refractivity contribution is 7.90. The van der Waals surface area contributed by atoms with E-state index in [2.05, 4.69) is 0 Å². The lowest BCUT2D eigenvalue weighted by Crippen LogP contribution is -2.56. The minimum Gasteiger partial charge on any atom is -0.316 e. The van der Waals surface area contributed by atoms with Gasteiger partial charge in [-0.1, -0.05) is 20.8 Å². The largest absolute Gasteiger partial charge is 0.399 e. The maximum atomic E-state index is 15.3. The Kier molecular flexibility index (Phi) is 6.68. The molecule has 3 fully saturated rings. The molecule has 2 aliphatic carbocycles. The van der Waals surface area contributed by atoms with Gasteiger partial charge in [-0.2, -0.15) is 14.3 Å². The van der Waals surface area contributed by atoms with E-state index in [1.54, 1.807) is 5.48 Å². The molecule has 1 heterocycles. The molecular weight excluding hydrogens is 469 g/mol. The molecule has 3 aliphatic rings. The van der Waals surface area contributed by atoms with Gasteiger partial charge in [0.15, 0.2) is 0 Å². The van der Waals surface area contributed by atoms with Crippen LogP contribution in [0.3, 0.4) is 0 Å². The van der Waals surface area contributed by atoms with Crippen LogP contribution in [0.4, 0.5) is 8.78 Å². The number of rotatable bonds is 9. The van der Waals surface area contributed by atoms with Gasteiger partial charge in [-0.15, -0.1) is 0 Å². The Hall–Kier alpha value is -0.650. The molecule has 3 rings (SSSR count). The van der Waals surface area contributed by atoms with Crippen LogP contribution >= 0.6 is 7.60 Å². The van der Waals surface area contributed by atoms with Crippen LogP contribution in [0, 0.1) is 22.7 Å². The van der Waals surface area contributed by atoms with E-state index in [0.717, 1.165) is 13.3 Å². The average Bonchev–Trinajstić information content (AvgIpc) is 3.16. The van der Waals surface area contributed by atoms with Crippen molar-refractivity contribution in [3.8, 4) is 0 Å². The molecule has 5 atom stereocenters. The fraction of sp³-hybridized carbons (Fsp3) is 0.947. The van der Waals surface area contributed by atoms with Gasteiger partial charge >= 0.3 is 13.3 Å². The van der Waals surface area contributed by atoms with E-state index in [4.69, 9.17) is 9.05 Å². The molecule has 1 saturated heterocycles. The number of fused-ring (bicyclic) bond motifs is 1. The van der Waals surface area contributed by atoms with Crippen LogP contribution in [0.1, 0.15) is 53.9 Å². The van der Waals surface area contributed by atoms with Crippen molar-refractivity contribution < 1.29 is 40.8 Å². The summed E-state index contributed by atoms with van der Waals surface area (Å²) in [5.41, 5.74) is -3.59. The van der Waals surface area contributed by atoms with E-state index in [9.17, 15) is 23.0 Å². The van der Waals surface area contributed by atoms with Crippen molar-refractivity contribution in [2.45, 2.75) is 71.6 Å². The summed E-state index contributed by atoms with van der Waals surface area (Å²) in [6.07, 6.45) is 1.94. The molecule has 13 heteroatoms. The lowest BCUT2D eigenvalue weighted by atomic mass is 9.69. The van der Waals surface area contributed by atoms with Gasteiger partial charge in [0.2, 0.25) is 10.0 Å². The van der Waals surface area contributed by atoms with E-state index >= 15 is 8.78 Å². The number of halogens is 2. The van der Waals surface area contributed by atoms with E-state index in [0.29, 0.717) is 17.1 Å². The van der Waals surface area contributed by atoms with Crippen LogP contribution in [0.25, 0.3) is 0 Å². The maximum absolute atomic E-state index is 15.3. The zero-order chi connectivity index (χ0) is 24.3. The van der Waals surface area contributed by atoms with E-state index in [1.807, 2.05) is 13.8 Å². The Labute approximate surface area is 187 Å². The molecular formula is C19H33F2N2O7PS. The molecule has 32 heavy (non-hydrogen) atoms. The highest BCUT2D eigenvalue weighted by Gasteiger charge is 2.73. The summed E-state index contributed by atoms with van der Waals surface area (Å²) in [4.78, 5) is 13.4. The van der Waals surface area contributed by atoms with Gasteiger partial charge in [-0.3, -0.25) is 9.36 Å². The zero-order valence-corrected chi connectivity index (χ0v) is 20.7. The second-order valence-electron chi connectivity index (χ2n) is 9.57. The third-order valence-corrected chi connectivity index (χ3v) is 12.3. The van der Waals surface area contributed by atoms with Gasteiger partial charge < -0.3 is 14.3 Å². The summed E-state index contributed by atoms with van der Waals surface area (Å²) < 4.78 is 79.7. The topological polar surface area (TPSA) is 122 Å². The summed E-state index contributed by atoms with van der Waals surface area (Å²) in [6.45, 7) is 6.97. The first kappa shape index (κ1) is 26.0. The number of sulfonamides is 1. The molecule has 0 aromatic rings. The summed E-state index contributed by atoms with van der Waals surface area (Å²) in [5, 5.41) is 9.66. The van der Waals surface area contributed by atoms with Crippen molar-refractivity contribution in [1.82, 2.24) is 9.79 Å². The molecule has 2 bridgehead atoms. The Morgan fingerprint density at radius 1 is 1.31 bits per heavy atom. The summed E-state index contributed by atoms with van der Waals surface area (Å²) >= 11 is 0. The third-order valence-electron chi connectivity index (χ3n) is 8.04. The van der Waals surface area contributed by atoms with Crippen molar-refractivity contribution in [2.75, 3.05) is 19.0 Å². The molecule has 186 valence electrons. The third kappa shape index (κ3) is 3.40. The van der Waals surface area contributed by atoms with Gasteiger partial charge in [0.1, 0.15) is 6.04 Å². The first-order valence-corrected chi connectivity index (χ1v) is 14.0. The van der Waals surface area contributed by atoms with Crippen LogP contribution in [-0.2, 0) is 28.4 Å². The van der Waals surface area contributed by atoms with Gasteiger partial charge in [0.25, 0.3) is 5.91 Å². The molecule has 1 spiro atoms. The number of amides is 1. The average molecular weight is 503 g/mol. The standard InChI is InChI=1S/C19H33F2N2O7PS/c1-6-29-31(26,30-7-2)19(20,21)12(3)15(22-25)16(24)23-14-10-13-8-9-18(14,17(13,4)5)11-32(23,27)28/h12-15,22,25H,6-11H2,1-5H3/t12-,13-,14+,15-,18-/m0/s1. The van der Waals surface area contributed by atoms with Gasteiger partial charge in [0, 0.05) is 5.41 Å². The fourth-order valence-electron chi connectivity index (χ4n) is 6.10. The van der Waals surface area contributed by atoms with Crippen molar-refractivity contribution in [3.05, 3.63) is 0 Å². The Bertz CT molecular complexity index is 905. The lowest BCUT2D eigenvalue weighted by Gasteiger charge is -2.38. The normalized spacial score (nSPS) is 32.7. The molecule has 2 saturated carbocycles. The molecule has 0 aromatic heterocycles. The smallest absolute Gasteiger partial charge is 0.316 e. The Morgan fingerprint density at radius 2 is 1.88 bits per heavy atom. The molecule has 2 N–H and O–H groups in total. The van der Waals surface area contributed by atoms with E-state index in [1.165, 1.54) is 13.8 Å². The van der Waals surface area contributed by atoms with Crippen LogP contribution < -0.4 is 5.48 Å². The van der Waals surface area contributed by atoms with E-state index < -0.39 is 52.6 Å². The van der Waals surface area contributed by atoms with Crippen LogP contribution in [0.5, 0.6) is 0 Å². The van der Waals surface area contributed by atoms with Crippen molar-refractivity contribution in [1.29, 1.82) is 0 Å². The van der Waals surface area contributed by atoms with E-state index in [-0.39, 0.29) is 30.3 Å². The van der Waals surface area contributed by atoms with Crippen LogP contribution in [0.15, 0.2) is 0 Å². The number of carbonyl (C=O) groups excluding carboxylic acids is 1. The van der Waals surface area contributed by atoms with Crippen molar-refractivity contribution in [2.24, 2.45) is 22.7 Å². The minimum absolute atomic E-state index is 0.217. The molecule has 0 aromatic carbocycles. The molecule has 0 unspecified atom stereocenters. The Morgan fingerprint density at radius 3 is 2.34 bits per heavy atom. The van der Waals surface area contributed by atoms with Crippen LogP contribution in [0.2, 0.25) is 0 Å². The highest BCUT2D eigenvalue weighted by atomic mass is 32.2. The number of nitrogens with zero attached hydrogens (tertiary/aromatic N) is 1. The minimum atomic E-state index is -5.01. The molecule has 9 nitrogen and oxygen atoms in total. The van der Waals surface area contributed by atoms with Crippen LogP contribution in [-0.4, -0.2) is 60.6 Å². The predicted octanol–water partition coefficient (Wildman–Crippen LogP) is 3.20. The number of hydroxylamine groups is 1. The highest BCUT2D eigenvalue weighted by Crippen LogP contribution is 2.70. The van der Waals surface area contributed by atoms with Gasteiger partial charge in [-0.25, -0.2) is 12.7 Å². The summed E-state index contributed by atoms with van der Waals surface area (Å²) in [5.74, 6) is -3.31. The zero-order valence-electron chi connectivity index (χ0n) is 19.0. The maximum Gasteiger partial charge on any atom is 0.399 e. The monoisotopic (exact) mass is 502 g/mol. The number of nitrogens with one attached hydrogen (secondary N) is 1. The van der Waals surface area contributed by atoms with Gasteiger partial charge in [0.05, 0.1) is 30.9 Å².